The van der Waals surface area contributed by atoms with Crippen LogP contribution in [0.15, 0.2) is 73.1 Å². The number of halogens is 1. The molecule has 1 aliphatic rings. The Morgan fingerprint density at radius 3 is 1.52 bits per heavy atom. The van der Waals surface area contributed by atoms with Crippen molar-refractivity contribution in [3.8, 4) is 11.8 Å². The summed E-state index contributed by atoms with van der Waals surface area (Å²) in [7, 11) is 0. The van der Waals surface area contributed by atoms with Gasteiger partial charge in [-0.15, -0.1) is 0 Å². The molecule has 4 nitrogen and oxygen atoms in total. The zero-order chi connectivity index (χ0) is 34.5. The number of aryl methyl sites for hydroxylation is 9. The highest BCUT2D eigenvalue weighted by molar-refractivity contribution is 6.04. The van der Waals surface area contributed by atoms with Crippen LogP contribution in [0.5, 0.6) is 0 Å². The highest BCUT2D eigenvalue weighted by atomic mass is 19.1. The van der Waals surface area contributed by atoms with Gasteiger partial charge in [-0.1, -0.05) is 64.9 Å². The Hall–Kier alpha value is -5.08. The molecule has 0 N–H and O–H groups in total. The molecule has 0 spiro atoms. The van der Waals surface area contributed by atoms with Gasteiger partial charge in [0.15, 0.2) is 0 Å². The summed E-state index contributed by atoms with van der Waals surface area (Å²) in [4.78, 5) is 26.9. The standard InChI is InChI=1S/C43H42FN3O/c1-25-16-28(4)38(29(5)17-25)43(39-30(6)18-26(2)19-31(39)7)22-37(42(48)47(43)40-32(8)20-27(3)21-33(40)9)41-45-23-35(24-46-41)11-10-34-12-14-36(44)15-13-34/h12-21,23-24,37H,22H2,1-9H3. The van der Waals surface area contributed by atoms with Crippen LogP contribution in [-0.2, 0) is 10.3 Å². The molecule has 6 rings (SSSR count). The predicted molar refractivity (Wildman–Crippen MR) is 192 cm³/mol. The highest BCUT2D eigenvalue weighted by Crippen LogP contribution is 2.56. The number of hydrogen-bond donors (Lipinski definition) is 0. The van der Waals surface area contributed by atoms with Crippen molar-refractivity contribution in [2.75, 3.05) is 4.90 Å². The molecule has 1 unspecified atom stereocenters. The van der Waals surface area contributed by atoms with E-state index in [2.05, 4.69) is 115 Å². The molecule has 1 amide bonds. The van der Waals surface area contributed by atoms with E-state index in [0.717, 1.165) is 55.8 Å². The Kier molecular flexibility index (Phi) is 8.56. The number of amides is 1. The van der Waals surface area contributed by atoms with Crippen LogP contribution in [0.2, 0.25) is 0 Å². The van der Waals surface area contributed by atoms with Gasteiger partial charge in [0.2, 0.25) is 5.91 Å². The lowest BCUT2D eigenvalue weighted by Crippen LogP contribution is -2.47. The summed E-state index contributed by atoms with van der Waals surface area (Å²) in [6.45, 7) is 19.3. The molecular formula is C43H42FN3O. The third-order valence-corrected chi connectivity index (χ3v) is 9.62. The Labute approximate surface area is 284 Å². The largest absolute Gasteiger partial charge is 0.297 e. The minimum Gasteiger partial charge on any atom is -0.297 e. The van der Waals surface area contributed by atoms with Crippen molar-refractivity contribution in [2.24, 2.45) is 0 Å². The van der Waals surface area contributed by atoms with E-state index in [4.69, 9.17) is 9.97 Å². The molecular weight excluding hydrogens is 593 g/mol. The lowest BCUT2D eigenvalue weighted by Gasteiger charge is -2.44. The van der Waals surface area contributed by atoms with Crippen molar-refractivity contribution in [2.45, 2.75) is 80.2 Å². The molecule has 48 heavy (non-hydrogen) atoms. The number of carbonyl (C=O) groups excluding carboxylic acids is 1. The van der Waals surface area contributed by atoms with E-state index in [1.54, 1.807) is 24.5 Å². The first-order valence-corrected chi connectivity index (χ1v) is 16.5. The van der Waals surface area contributed by atoms with Gasteiger partial charge in [0.05, 0.1) is 11.3 Å². The number of anilines is 1. The molecule has 0 aliphatic carbocycles. The Balaban J connectivity index is 1.60. The Morgan fingerprint density at radius 2 is 1.06 bits per heavy atom. The topological polar surface area (TPSA) is 46.1 Å². The van der Waals surface area contributed by atoms with Crippen molar-refractivity contribution in [1.82, 2.24) is 9.97 Å². The minimum absolute atomic E-state index is 0.0195. The van der Waals surface area contributed by atoms with Gasteiger partial charge in [0.1, 0.15) is 23.1 Å². The SMILES string of the molecule is Cc1cc(C)c(N2C(=O)C(c3ncc(C#Cc4ccc(F)cc4)cn3)CC2(c2c(C)cc(C)cc2C)c2c(C)cc(C)cc2C)c(C)c1. The number of benzene rings is 4. The van der Waals surface area contributed by atoms with Crippen molar-refractivity contribution >= 4 is 11.6 Å². The molecule has 0 radical (unpaired) electrons. The Morgan fingerprint density at radius 1 is 0.646 bits per heavy atom. The molecule has 5 aromatic rings. The molecule has 1 aromatic heterocycles. The predicted octanol–water partition coefficient (Wildman–Crippen LogP) is 9.26. The first-order chi connectivity index (χ1) is 22.8. The van der Waals surface area contributed by atoms with Gasteiger partial charge in [-0.3, -0.25) is 9.69 Å². The van der Waals surface area contributed by atoms with Gasteiger partial charge in [-0.05, 0) is 138 Å². The van der Waals surface area contributed by atoms with Crippen molar-refractivity contribution < 1.29 is 9.18 Å². The first kappa shape index (κ1) is 32.8. The minimum atomic E-state index is -0.819. The van der Waals surface area contributed by atoms with Crippen molar-refractivity contribution in [1.29, 1.82) is 0 Å². The molecule has 4 aromatic carbocycles. The quantitative estimate of drug-likeness (QED) is 0.185. The van der Waals surface area contributed by atoms with Crippen LogP contribution in [-0.4, -0.2) is 15.9 Å². The third kappa shape index (κ3) is 5.70. The van der Waals surface area contributed by atoms with E-state index in [0.29, 0.717) is 23.4 Å². The van der Waals surface area contributed by atoms with Crippen LogP contribution < -0.4 is 4.90 Å². The second-order valence-electron chi connectivity index (χ2n) is 13.7. The average molecular weight is 636 g/mol. The van der Waals surface area contributed by atoms with Gasteiger partial charge < -0.3 is 0 Å². The summed E-state index contributed by atoms with van der Waals surface area (Å²) in [5, 5.41) is 0. The van der Waals surface area contributed by atoms with Crippen molar-refractivity contribution in [3.63, 3.8) is 0 Å². The maximum absolute atomic E-state index is 15.2. The summed E-state index contributed by atoms with van der Waals surface area (Å²) in [6, 6.07) is 19.3. The second kappa shape index (κ2) is 12.5. The maximum Gasteiger partial charge on any atom is 0.238 e. The summed E-state index contributed by atoms with van der Waals surface area (Å²) in [5.41, 5.74) is 14.0. The van der Waals surface area contributed by atoms with E-state index in [1.165, 1.54) is 23.3 Å². The highest BCUT2D eigenvalue weighted by Gasteiger charge is 2.57. The van der Waals surface area contributed by atoms with Gasteiger partial charge in [0.25, 0.3) is 0 Å². The molecule has 1 aliphatic heterocycles. The fourth-order valence-electron chi connectivity index (χ4n) is 8.32. The van der Waals surface area contributed by atoms with Gasteiger partial charge in [-0.2, -0.15) is 0 Å². The molecule has 5 heteroatoms. The normalized spacial score (nSPS) is 15.4. The van der Waals surface area contributed by atoms with Crippen LogP contribution in [0.4, 0.5) is 10.1 Å². The first-order valence-electron chi connectivity index (χ1n) is 16.5. The molecule has 0 bridgehead atoms. The Bertz CT molecular complexity index is 2010. The molecule has 1 fully saturated rings. The van der Waals surface area contributed by atoms with Crippen LogP contribution in [0.1, 0.15) is 90.5 Å². The smallest absolute Gasteiger partial charge is 0.238 e. The van der Waals surface area contributed by atoms with Gasteiger partial charge >= 0.3 is 0 Å². The number of nitrogens with zero attached hydrogens (tertiary/aromatic N) is 3. The zero-order valence-electron chi connectivity index (χ0n) is 29.3. The third-order valence-electron chi connectivity index (χ3n) is 9.62. The number of rotatable bonds is 4. The number of hydrogen-bond acceptors (Lipinski definition) is 3. The summed E-state index contributed by atoms with van der Waals surface area (Å²) < 4.78 is 13.4. The van der Waals surface area contributed by atoms with Crippen LogP contribution in [0, 0.1) is 80.0 Å². The zero-order valence-corrected chi connectivity index (χ0v) is 29.3. The second-order valence-corrected chi connectivity index (χ2v) is 13.7. The maximum atomic E-state index is 15.2. The molecule has 0 saturated carbocycles. The lowest BCUT2D eigenvalue weighted by atomic mass is 9.71. The van der Waals surface area contributed by atoms with Crippen LogP contribution in [0.25, 0.3) is 0 Å². The fourth-order valence-corrected chi connectivity index (χ4v) is 8.32. The molecule has 1 saturated heterocycles. The summed E-state index contributed by atoms with van der Waals surface area (Å²) in [6.07, 6.45) is 3.85. The average Bonchev–Trinajstić information content (AvgIpc) is 3.28. The summed E-state index contributed by atoms with van der Waals surface area (Å²) in [5.74, 6) is 5.69. The fraction of sp³-hybridized carbons (Fsp3) is 0.279. The molecule has 1 atom stereocenters. The van der Waals surface area contributed by atoms with E-state index < -0.39 is 11.5 Å². The summed E-state index contributed by atoms with van der Waals surface area (Å²) >= 11 is 0. The van der Waals surface area contributed by atoms with Crippen molar-refractivity contribution in [3.05, 3.63) is 157 Å². The van der Waals surface area contributed by atoms with E-state index in [1.807, 2.05) is 0 Å². The van der Waals surface area contributed by atoms with Gasteiger partial charge in [-0.25, -0.2) is 14.4 Å². The number of aromatic nitrogens is 2. The monoisotopic (exact) mass is 635 g/mol. The lowest BCUT2D eigenvalue weighted by molar-refractivity contribution is -0.118. The molecule has 242 valence electrons. The molecule has 2 heterocycles. The number of carbonyl (C=O) groups is 1. The van der Waals surface area contributed by atoms with Crippen LogP contribution in [0.3, 0.4) is 0 Å². The van der Waals surface area contributed by atoms with E-state index >= 15 is 4.79 Å². The van der Waals surface area contributed by atoms with Gasteiger partial charge in [0, 0.05) is 18.0 Å². The van der Waals surface area contributed by atoms with E-state index in [-0.39, 0.29) is 11.7 Å². The van der Waals surface area contributed by atoms with Crippen LogP contribution >= 0.6 is 0 Å². The van der Waals surface area contributed by atoms with E-state index in [9.17, 15) is 4.39 Å².